The van der Waals surface area contributed by atoms with Gasteiger partial charge in [0.25, 0.3) is 0 Å². The molecule has 2 atom stereocenters. The topological polar surface area (TPSA) is 78.8 Å². The van der Waals surface area contributed by atoms with Crippen molar-refractivity contribution >= 4 is 17.3 Å². The summed E-state index contributed by atoms with van der Waals surface area (Å²) in [6, 6.07) is 5.32. The van der Waals surface area contributed by atoms with Crippen molar-refractivity contribution in [1.29, 1.82) is 0 Å². The molecule has 3 rings (SSSR count). The highest BCUT2D eigenvalue weighted by molar-refractivity contribution is 6.33. The summed E-state index contributed by atoms with van der Waals surface area (Å²) in [4.78, 5) is 0. The van der Waals surface area contributed by atoms with Crippen LogP contribution in [0, 0.1) is 5.92 Å². The fourth-order valence-electron chi connectivity index (χ4n) is 2.81. The van der Waals surface area contributed by atoms with E-state index in [1.807, 2.05) is 0 Å². The third-order valence-corrected chi connectivity index (χ3v) is 4.25. The van der Waals surface area contributed by atoms with E-state index < -0.39 is 0 Å². The van der Waals surface area contributed by atoms with E-state index in [1.165, 1.54) is 0 Å². The van der Waals surface area contributed by atoms with E-state index in [0.29, 0.717) is 22.5 Å². The Morgan fingerprint density at radius 3 is 3.14 bits per heavy atom. The van der Waals surface area contributed by atoms with Crippen LogP contribution in [-0.2, 0) is 11.3 Å². The number of tetrazole rings is 1. The minimum absolute atomic E-state index is 0.276. The van der Waals surface area contributed by atoms with Gasteiger partial charge in [-0.05, 0) is 41.5 Å². The monoisotopic (exact) mass is 307 g/mol. The van der Waals surface area contributed by atoms with Crippen molar-refractivity contribution in [2.24, 2.45) is 5.92 Å². The molecule has 21 heavy (non-hydrogen) atoms. The van der Waals surface area contributed by atoms with Crippen LogP contribution in [0.15, 0.2) is 18.2 Å². The maximum atomic E-state index is 6.24. The highest BCUT2D eigenvalue weighted by atomic mass is 35.5. The second kappa shape index (κ2) is 5.99. The molecule has 2 heterocycles. The lowest BCUT2D eigenvalue weighted by molar-refractivity contribution is 0.0825. The minimum Gasteiger partial charge on any atom is -0.399 e. The number of aromatic nitrogens is 4. The largest absolute Gasteiger partial charge is 0.399 e. The van der Waals surface area contributed by atoms with E-state index >= 15 is 0 Å². The lowest BCUT2D eigenvalue weighted by Crippen LogP contribution is -2.21. The predicted molar refractivity (Wildman–Crippen MR) is 80.8 cm³/mol. The molecule has 1 aromatic carbocycles. The van der Waals surface area contributed by atoms with Gasteiger partial charge in [0.05, 0.1) is 17.7 Å². The molecule has 1 aliphatic heterocycles. The number of rotatable bonds is 4. The van der Waals surface area contributed by atoms with Crippen molar-refractivity contribution in [2.45, 2.75) is 32.4 Å². The molecule has 7 heteroatoms. The first-order valence-corrected chi connectivity index (χ1v) is 7.50. The predicted octanol–water partition coefficient (Wildman–Crippen LogP) is 2.39. The Morgan fingerprint density at radius 2 is 2.33 bits per heavy atom. The molecule has 1 fully saturated rings. The second-order valence-corrected chi connectivity index (χ2v) is 5.70. The average Bonchev–Trinajstić information content (AvgIpc) is 3.11. The maximum Gasteiger partial charge on any atom is 0.183 e. The van der Waals surface area contributed by atoms with Crippen molar-refractivity contribution in [3.8, 4) is 11.4 Å². The molecule has 0 spiro atoms. The van der Waals surface area contributed by atoms with Gasteiger partial charge < -0.3 is 10.5 Å². The second-order valence-electron chi connectivity index (χ2n) is 5.29. The van der Waals surface area contributed by atoms with Crippen molar-refractivity contribution in [3.05, 3.63) is 23.2 Å². The molecule has 2 aromatic rings. The van der Waals surface area contributed by atoms with Crippen LogP contribution >= 0.6 is 11.6 Å². The van der Waals surface area contributed by atoms with E-state index in [-0.39, 0.29) is 6.10 Å². The molecule has 1 saturated heterocycles. The van der Waals surface area contributed by atoms with Crippen LogP contribution < -0.4 is 5.73 Å². The Labute approximate surface area is 128 Å². The first kappa shape index (κ1) is 14.3. The summed E-state index contributed by atoms with van der Waals surface area (Å²) in [5.41, 5.74) is 7.23. The zero-order valence-electron chi connectivity index (χ0n) is 11.9. The van der Waals surface area contributed by atoms with Crippen molar-refractivity contribution in [3.63, 3.8) is 0 Å². The van der Waals surface area contributed by atoms with Crippen molar-refractivity contribution in [1.82, 2.24) is 20.2 Å². The number of benzene rings is 1. The van der Waals surface area contributed by atoms with Crippen LogP contribution in [0.2, 0.25) is 5.02 Å². The molecule has 2 unspecified atom stereocenters. The SMILES string of the molecule is CCC1OCCC1Cn1nnnc1-c1cc(N)ccc1Cl. The van der Waals surface area contributed by atoms with Gasteiger partial charge in [-0.25, -0.2) is 4.68 Å². The summed E-state index contributed by atoms with van der Waals surface area (Å²) in [5.74, 6) is 1.08. The van der Waals surface area contributed by atoms with Crippen LogP contribution in [0.5, 0.6) is 0 Å². The van der Waals surface area contributed by atoms with Crippen LogP contribution in [0.25, 0.3) is 11.4 Å². The first-order chi connectivity index (χ1) is 10.2. The molecule has 0 amide bonds. The highest BCUT2D eigenvalue weighted by Gasteiger charge is 2.28. The summed E-state index contributed by atoms with van der Waals surface area (Å²) in [7, 11) is 0. The van der Waals surface area contributed by atoms with Crippen molar-refractivity contribution < 1.29 is 4.74 Å². The molecule has 0 bridgehead atoms. The quantitative estimate of drug-likeness (QED) is 0.877. The molecular formula is C14H18ClN5O. The first-order valence-electron chi connectivity index (χ1n) is 7.12. The van der Waals surface area contributed by atoms with Gasteiger partial charge in [0.1, 0.15) is 0 Å². The molecule has 6 nitrogen and oxygen atoms in total. The van der Waals surface area contributed by atoms with Crippen LogP contribution in [0.4, 0.5) is 5.69 Å². The number of nitrogens with two attached hydrogens (primary N) is 1. The van der Waals surface area contributed by atoms with E-state index in [1.54, 1.807) is 22.9 Å². The van der Waals surface area contributed by atoms with Crippen molar-refractivity contribution in [2.75, 3.05) is 12.3 Å². The fourth-order valence-corrected chi connectivity index (χ4v) is 3.01. The highest BCUT2D eigenvalue weighted by Crippen LogP contribution is 2.30. The lowest BCUT2D eigenvalue weighted by atomic mass is 9.99. The zero-order chi connectivity index (χ0) is 14.8. The van der Waals surface area contributed by atoms with E-state index in [2.05, 4.69) is 22.4 Å². The maximum absolute atomic E-state index is 6.24. The van der Waals surface area contributed by atoms with Crippen LogP contribution in [0.3, 0.4) is 0 Å². The zero-order valence-corrected chi connectivity index (χ0v) is 12.6. The summed E-state index contributed by atoms with van der Waals surface area (Å²) < 4.78 is 7.52. The molecule has 0 saturated carbocycles. The van der Waals surface area contributed by atoms with Gasteiger partial charge in [-0.2, -0.15) is 0 Å². The number of hydrogen-bond donors (Lipinski definition) is 1. The number of halogens is 1. The summed E-state index contributed by atoms with van der Waals surface area (Å²) >= 11 is 6.24. The van der Waals surface area contributed by atoms with Gasteiger partial charge in [-0.15, -0.1) is 5.10 Å². The number of nitrogens with zero attached hydrogens (tertiary/aromatic N) is 4. The molecule has 1 aliphatic rings. The van der Waals surface area contributed by atoms with E-state index in [4.69, 9.17) is 22.1 Å². The summed E-state index contributed by atoms with van der Waals surface area (Å²) in [6.45, 7) is 3.67. The van der Waals surface area contributed by atoms with E-state index in [0.717, 1.165) is 31.6 Å². The third-order valence-electron chi connectivity index (χ3n) is 3.92. The number of nitrogen functional groups attached to an aromatic ring is 1. The molecule has 0 aliphatic carbocycles. The number of hydrogen-bond acceptors (Lipinski definition) is 5. The molecule has 0 radical (unpaired) electrons. The Kier molecular flexibility index (Phi) is 4.07. The lowest BCUT2D eigenvalue weighted by Gasteiger charge is -2.17. The Morgan fingerprint density at radius 1 is 1.48 bits per heavy atom. The Balaban J connectivity index is 1.89. The van der Waals surface area contributed by atoms with Gasteiger partial charge >= 0.3 is 0 Å². The Bertz CT molecular complexity index is 630. The molecule has 2 N–H and O–H groups in total. The minimum atomic E-state index is 0.276. The molecule has 112 valence electrons. The molecular weight excluding hydrogens is 290 g/mol. The number of ether oxygens (including phenoxy) is 1. The van der Waals surface area contributed by atoms with Gasteiger partial charge in [-0.1, -0.05) is 18.5 Å². The van der Waals surface area contributed by atoms with Gasteiger partial charge in [0, 0.05) is 23.8 Å². The van der Waals surface area contributed by atoms with Crippen LogP contribution in [-0.4, -0.2) is 32.9 Å². The van der Waals surface area contributed by atoms with Gasteiger partial charge in [0.2, 0.25) is 0 Å². The van der Waals surface area contributed by atoms with Crippen LogP contribution in [0.1, 0.15) is 19.8 Å². The Hall–Kier alpha value is -1.66. The van der Waals surface area contributed by atoms with Gasteiger partial charge in [0.15, 0.2) is 5.82 Å². The fraction of sp³-hybridized carbons (Fsp3) is 0.500. The number of anilines is 1. The molecule has 1 aromatic heterocycles. The summed E-state index contributed by atoms with van der Waals surface area (Å²) in [5, 5.41) is 12.6. The third kappa shape index (κ3) is 2.87. The normalized spacial score (nSPS) is 21.8. The summed E-state index contributed by atoms with van der Waals surface area (Å²) in [6.07, 6.45) is 2.31. The van der Waals surface area contributed by atoms with E-state index in [9.17, 15) is 0 Å². The average molecular weight is 308 g/mol. The van der Waals surface area contributed by atoms with Gasteiger partial charge in [-0.3, -0.25) is 0 Å². The standard InChI is InChI=1S/C14H18ClN5O/c1-2-13-9(5-6-21-13)8-20-14(17-18-19-20)11-7-10(16)3-4-12(11)15/h3-4,7,9,13H,2,5-6,8,16H2,1H3. The smallest absolute Gasteiger partial charge is 0.183 e.